The third-order valence-corrected chi connectivity index (χ3v) is 5.04. The Morgan fingerprint density at radius 3 is 2.07 bits per heavy atom. The average molecular weight is 417 g/mol. The van der Waals surface area contributed by atoms with Crippen LogP contribution in [0.3, 0.4) is 0 Å². The van der Waals surface area contributed by atoms with Crippen molar-refractivity contribution in [3.8, 4) is 5.75 Å². The van der Waals surface area contributed by atoms with Crippen molar-refractivity contribution < 1.29 is 37.7 Å². The lowest BCUT2D eigenvalue weighted by Crippen LogP contribution is -2.60. The first-order chi connectivity index (χ1) is 14.1. The van der Waals surface area contributed by atoms with Crippen LogP contribution in [0.2, 0.25) is 0 Å². The number of nitrogens with zero attached hydrogens (tertiary/aromatic N) is 1. The van der Waals surface area contributed by atoms with Crippen molar-refractivity contribution in [1.82, 2.24) is 0 Å². The molecule has 2 aliphatic carbocycles. The number of fused-ring (bicyclic) bond motifs is 1. The number of aliphatic imine (C=N–C) groups is 1. The van der Waals surface area contributed by atoms with E-state index in [2.05, 4.69) is 4.99 Å². The number of carbonyl (C=O) groups is 2. The smallest absolute Gasteiger partial charge is 0.280 e. The van der Waals surface area contributed by atoms with Crippen LogP contribution in [0.4, 0.5) is 18.9 Å². The van der Waals surface area contributed by atoms with Gasteiger partial charge in [0.1, 0.15) is 17.1 Å². The van der Waals surface area contributed by atoms with Crippen molar-refractivity contribution in [1.29, 1.82) is 0 Å². The van der Waals surface area contributed by atoms with E-state index in [1.807, 2.05) is 0 Å². The fourth-order valence-corrected chi connectivity index (χ4v) is 3.61. The predicted octanol–water partition coefficient (Wildman–Crippen LogP) is 2.81. The molecule has 9 heteroatoms. The van der Waals surface area contributed by atoms with E-state index in [0.717, 1.165) is 6.07 Å². The Balaban J connectivity index is 2.00. The summed E-state index contributed by atoms with van der Waals surface area (Å²) in [5.41, 5.74) is -5.26. The van der Waals surface area contributed by atoms with Gasteiger partial charge in [-0.2, -0.15) is 4.39 Å². The molecule has 30 heavy (non-hydrogen) atoms. The Bertz CT molecular complexity index is 1150. The number of ether oxygens (including phenoxy) is 1. The van der Waals surface area contributed by atoms with Crippen molar-refractivity contribution in [2.75, 3.05) is 7.11 Å². The third kappa shape index (κ3) is 2.62. The Labute approximate surface area is 167 Å². The van der Waals surface area contributed by atoms with Gasteiger partial charge in [0.05, 0.1) is 18.3 Å². The molecule has 0 saturated heterocycles. The fourth-order valence-electron chi connectivity index (χ4n) is 3.61. The van der Waals surface area contributed by atoms with Crippen LogP contribution in [-0.4, -0.2) is 52.5 Å². The topological polar surface area (TPSA) is 96.2 Å². The summed E-state index contributed by atoms with van der Waals surface area (Å²) in [5.74, 6) is -10.6. The van der Waals surface area contributed by atoms with E-state index in [9.17, 15) is 24.2 Å². The van der Waals surface area contributed by atoms with Crippen molar-refractivity contribution in [3.05, 3.63) is 70.8 Å². The van der Waals surface area contributed by atoms with E-state index in [1.54, 1.807) is 0 Å². The van der Waals surface area contributed by atoms with E-state index in [1.165, 1.54) is 49.6 Å². The van der Waals surface area contributed by atoms with Crippen molar-refractivity contribution >= 4 is 23.0 Å². The SMILES string of the molecule is COc1ccccc1N=C1C(F)C(O)(F)C2=C(C(=O)c3ccccc3C2=O)C1(O)F. The van der Waals surface area contributed by atoms with Crippen molar-refractivity contribution in [3.63, 3.8) is 0 Å². The van der Waals surface area contributed by atoms with E-state index in [0.29, 0.717) is 0 Å². The molecule has 2 aliphatic rings. The van der Waals surface area contributed by atoms with Gasteiger partial charge in [-0.25, -0.2) is 13.8 Å². The summed E-state index contributed by atoms with van der Waals surface area (Å²) < 4.78 is 50.7. The molecule has 3 atom stereocenters. The molecule has 4 rings (SSSR count). The highest BCUT2D eigenvalue weighted by atomic mass is 19.2. The number of Topliss-reactive ketones (excluding diaryl/α,β-unsaturated/α-hetero) is 2. The monoisotopic (exact) mass is 417 g/mol. The number of carbonyl (C=O) groups excluding carboxylic acids is 2. The number of ketones is 2. The minimum Gasteiger partial charge on any atom is -0.494 e. The average Bonchev–Trinajstić information content (AvgIpc) is 2.72. The number of rotatable bonds is 2. The Hall–Kier alpha value is -3.30. The molecule has 0 spiro atoms. The van der Waals surface area contributed by atoms with Crippen LogP contribution in [0, 0.1) is 0 Å². The number of methoxy groups -OCH3 is 1. The molecule has 0 saturated carbocycles. The molecule has 0 bridgehead atoms. The molecule has 2 N–H and O–H groups in total. The Kier molecular flexibility index (Phi) is 4.41. The van der Waals surface area contributed by atoms with E-state index in [-0.39, 0.29) is 22.6 Å². The van der Waals surface area contributed by atoms with Crippen molar-refractivity contribution in [2.45, 2.75) is 17.9 Å². The molecule has 0 amide bonds. The number of benzene rings is 2. The van der Waals surface area contributed by atoms with E-state index in [4.69, 9.17) is 4.74 Å². The largest absolute Gasteiger partial charge is 0.494 e. The lowest BCUT2D eigenvalue weighted by Gasteiger charge is -2.40. The minimum absolute atomic E-state index is 0.0339. The highest BCUT2D eigenvalue weighted by Crippen LogP contribution is 2.47. The molecule has 6 nitrogen and oxygen atoms in total. The van der Waals surface area contributed by atoms with Gasteiger partial charge in [-0.15, -0.1) is 0 Å². The summed E-state index contributed by atoms with van der Waals surface area (Å²) in [6.45, 7) is 0. The highest BCUT2D eigenvalue weighted by molar-refractivity contribution is 6.31. The van der Waals surface area contributed by atoms with Gasteiger partial charge in [-0.05, 0) is 12.1 Å². The first kappa shape index (κ1) is 20.0. The zero-order valence-electron chi connectivity index (χ0n) is 15.4. The van der Waals surface area contributed by atoms with Gasteiger partial charge in [-0.1, -0.05) is 36.4 Å². The van der Waals surface area contributed by atoms with E-state index < -0.39 is 46.3 Å². The van der Waals surface area contributed by atoms with Gasteiger partial charge in [-0.3, -0.25) is 9.59 Å². The molecule has 0 aromatic heterocycles. The predicted molar refractivity (Wildman–Crippen MR) is 99.2 cm³/mol. The zero-order chi connectivity index (χ0) is 21.8. The summed E-state index contributed by atoms with van der Waals surface area (Å²) in [5, 5.41) is 20.7. The highest BCUT2D eigenvalue weighted by Gasteiger charge is 2.65. The maximum absolute atomic E-state index is 15.5. The maximum atomic E-state index is 15.5. The van der Waals surface area contributed by atoms with Gasteiger partial charge < -0.3 is 14.9 Å². The number of halogens is 3. The molecule has 2 aromatic rings. The summed E-state index contributed by atoms with van der Waals surface area (Å²) in [6.07, 6.45) is -3.28. The van der Waals surface area contributed by atoms with Crippen LogP contribution in [-0.2, 0) is 0 Å². The summed E-state index contributed by atoms with van der Waals surface area (Å²) in [4.78, 5) is 29.2. The number of alkyl halides is 3. The maximum Gasteiger partial charge on any atom is 0.280 e. The summed E-state index contributed by atoms with van der Waals surface area (Å²) in [6, 6.07) is 10.7. The van der Waals surface area contributed by atoms with Gasteiger partial charge in [0.25, 0.3) is 11.7 Å². The molecular weight excluding hydrogens is 403 g/mol. The van der Waals surface area contributed by atoms with Crippen LogP contribution in [0.15, 0.2) is 64.7 Å². The molecule has 0 fully saturated rings. The second-order valence-corrected chi connectivity index (χ2v) is 6.78. The number of aliphatic hydroxyl groups is 2. The second-order valence-electron chi connectivity index (χ2n) is 6.78. The number of hydrogen-bond acceptors (Lipinski definition) is 6. The van der Waals surface area contributed by atoms with Gasteiger partial charge in [0.15, 0.2) is 11.6 Å². The lowest BCUT2D eigenvalue weighted by molar-refractivity contribution is -0.108. The normalized spacial score (nSPS) is 29.7. The van der Waals surface area contributed by atoms with E-state index >= 15 is 8.78 Å². The first-order valence-corrected chi connectivity index (χ1v) is 8.74. The Morgan fingerprint density at radius 2 is 1.47 bits per heavy atom. The van der Waals surface area contributed by atoms with Crippen LogP contribution in [0.1, 0.15) is 20.7 Å². The quantitative estimate of drug-likeness (QED) is 0.784. The molecule has 0 aliphatic heterocycles. The second kappa shape index (κ2) is 6.61. The number of para-hydroxylation sites is 2. The van der Waals surface area contributed by atoms with Crippen LogP contribution in [0.5, 0.6) is 5.75 Å². The van der Waals surface area contributed by atoms with Crippen LogP contribution in [0.25, 0.3) is 0 Å². The standard InChI is InChI=1S/C21H14F3NO5/c1-30-13-9-5-4-8-12(13)25-19-18(22)20(23,28)14-15(21(19,24)29)17(27)11-7-3-2-6-10(11)16(14)26/h2-9,18,28-29H,1H3. The van der Waals surface area contributed by atoms with Gasteiger partial charge in [0, 0.05) is 11.1 Å². The molecule has 0 heterocycles. The molecule has 0 radical (unpaired) electrons. The van der Waals surface area contributed by atoms with Gasteiger partial charge >= 0.3 is 0 Å². The fraction of sp³-hybridized carbons (Fsp3) is 0.190. The summed E-state index contributed by atoms with van der Waals surface area (Å²) >= 11 is 0. The van der Waals surface area contributed by atoms with Crippen LogP contribution >= 0.6 is 0 Å². The summed E-state index contributed by atoms with van der Waals surface area (Å²) in [7, 11) is 1.25. The van der Waals surface area contributed by atoms with Crippen LogP contribution < -0.4 is 4.74 Å². The third-order valence-electron chi connectivity index (χ3n) is 5.04. The number of hydrogen-bond donors (Lipinski definition) is 2. The molecule has 2 aromatic carbocycles. The molecule has 3 unspecified atom stereocenters. The zero-order valence-corrected chi connectivity index (χ0v) is 15.4. The minimum atomic E-state index is -4.10. The van der Waals surface area contributed by atoms with Gasteiger partial charge in [0.2, 0.25) is 6.17 Å². The van der Waals surface area contributed by atoms with Crippen molar-refractivity contribution in [2.24, 2.45) is 4.99 Å². The molecular formula is C21H14F3NO5. The Morgan fingerprint density at radius 1 is 0.933 bits per heavy atom. The molecule has 154 valence electrons. The first-order valence-electron chi connectivity index (χ1n) is 8.74. The lowest BCUT2D eigenvalue weighted by atomic mass is 9.71.